The summed E-state index contributed by atoms with van der Waals surface area (Å²) in [5.74, 6) is -0.126. The van der Waals surface area contributed by atoms with Crippen molar-refractivity contribution < 1.29 is 13.2 Å². The minimum absolute atomic E-state index is 0.126. The topological polar surface area (TPSA) is 43.8 Å². The third kappa shape index (κ3) is 2.38. The van der Waals surface area contributed by atoms with E-state index in [0.29, 0.717) is 5.56 Å². The van der Waals surface area contributed by atoms with Gasteiger partial charge in [-0.05, 0) is 12.5 Å². The van der Waals surface area contributed by atoms with Gasteiger partial charge in [0.15, 0.2) is 0 Å². The zero-order chi connectivity index (χ0) is 13.3. The van der Waals surface area contributed by atoms with Gasteiger partial charge < -0.3 is 5.73 Å². The first-order valence-corrected chi connectivity index (χ1v) is 5.36. The zero-order valence-corrected chi connectivity index (χ0v) is 9.65. The Bertz CT molecular complexity index is 526. The molecule has 0 bridgehead atoms. The monoisotopic (exact) mass is 255 g/mol. The van der Waals surface area contributed by atoms with Crippen LogP contribution in [0, 0.1) is 0 Å². The molecular weight excluding hydrogens is 243 g/mol. The molecule has 1 unspecified atom stereocenters. The smallest absolute Gasteiger partial charge is 0.324 e. The maximum Gasteiger partial charge on any atom is 0.490 e. The summed E-state index contributed by atoms with van der Waals surface area (Å²) in [6, 6.07) is 6.43. The van der Waals surface area contributed by atoms with Gasteiger partial charge in [-0.15, -0.1) is 13.2 Å². The Hall–Kier alpha value is -1.82. The van der Waals surface area contributed by atoms with Gasteiger partial charge in [-0.3, -0.25) is 0 Å². The normalized spacial score (nSPS) is 13.6. The highest BCUT2D eigenvalue weighted by molar-refractivity contribution is 5.56. The average Bonchev–Trinajstić information content (AvgIpc) is 2.77. The molecule has 0 radical (unpaired) electrons. The molecule has 0 fully saturated rings. The second kappa shape index (κ2) is 4.45. The molecule has 0 aliphatic rings. The van der Waals surface area contributed by atoms with Gasteiger partial charge in [0, 0.05) is 24.0 Å². The van der Waals surface area contributed by atoms with E-state index in [0.717, 1.165) is 18.0 Å². The molecule has 96 valence electrons. The first-order valence-electron chi connectivity index (χ1n) is 5.36. The number of alkyl halides is 3. The van der Waals surface area contributed by atoms with E-state index in [2.05, 4.69) is 4.98 Å². The lowest BCUT2D eigenvalue weighted by atomic mass is 10.1. The molecule has 0 spiro atoms. The molecule has 1 atom stereocenters. The second-order valence-electron chi connectivity index (χ2n) is 4.00. The number of aromatic nitrogens is 2. The van der Waals surface area contributed by atoms with Crippen LogP contribution in [0.5, 0.6) is 0 Å². The Kier molecular flexibility index (Phi) is 3.13. The molecule has 0 saturated carbocycles. The van der Waals surface area contributed by atoms with Crippen LogP contribution in [0.15, 0.2) is 36.7 Å². The van der Waals surface area contributed by atoms with Crippen molar-refractivity contribution in [1.82, 2.24) is 9.55 Å². The Morgan fingerprint density at radius 1 is 1.22 bits per heavy atom. The molecule has 3 nitrogen and oxygen atoms in total. The van der Waals surface area contributed by atoms with Crippen molar-refractivity contribution in [2.24, 2.45) is 5.73 Å². The van der Waals surface area contributed by atoms with Crippen LogP contribution in [-0.2, 0) is 6.30 Å². The molecule has 1 aromatic heterocycles. The van der Waals surface area contributed by atoms with E-state index in [4.69, 9.17) is 5.73 Å². The number of hydrogen-bond donors (Lipinski definition) is 1. The van der Waals surface area contributed by atoms with Crippen LogP contribution in [0.1, 0.15) is 18.5 Å². The number of nitrogens with zero attached hydrogens (tertiary/aromatic N) is 2. The second-order valence-corrected chi connectivity index (χ2v) is 4.00. The molecule has 0 aliphatic heterocycles. The van der Waals surface area contributed by atoms with Crippen molar-refractivity contribution in [1.29, 1.82) is 0 Å². The van der Waals surface area contributed by atoms with Gasteiger partial charge in [-0.2, -0.15) is 0 Å². The molecular formula is C12H12F3N3. The first-order chi connectivity index (χ1) is 8.39. The van der Waals surface area contributed by atoms with Crippen molar-refractivity contribution in [2.75, 3.05) is 0 Å². The summed E-state index contributed by atoms with van der Waals surface area (Å²) in [7, 11) is 0. The summed E-state index contributed by atoms with van der Waals surface area (Å²) in [4.78, 5) is 3.74. The van der Waals surface area contributed by atoms with Crippen LogP contribution >= 0.6 is 0 Å². The van der Waals surface area contributed by atoms with Crippen LogP contribution < -0.4 is 5.73 Å². The summed E-state index contributed by atoms with van der Waals surface area (Å²) in [5.41, 5.74) is 6.95. The molecule has 2 aromatic rings. The van der Waals surface area contributed by atoms with Crippen LogP contribution in [-0.4, -0.2) is 9.55 Å². The predicted molar refractivity (Wildman–Crippen MR) is 61.6 cm³/mol. The van der Waals surface area contributed by atoms with Crippen molar-refractivity contribution in [3.8, 4) is 11.4 Å². The van der Waals surface area contributed by atoms with Crippen molar-refractivity contribution in [3.05, 3.63) is 42.2 Å². The quantitative estimate of drug-likeness (QED) is 0.896. The van der Waals surface area contributed by atoms with Crippen LogP contribution in [0.4, 0.5) is 13.2 Å². The number of halogens is 3. The summed E-state index contributed by atoms with van der Waals surface area (Å²) in [6.07, 6.45) is -2.44. The van der Waals surface area contributed by atoms with E-state index in [9.17, 15) is 13.2 Å². The third-order valence-electron chi connectivity index (χ3n) is 2.61. The summed E-state index contributed by atoms with van der Waals surface area (Å²) in [6.45, 7) is 1.81. The first kappa shape index (κ1) is 12.6. The average molecular weight is 255 g/mol. The van der Waals surface area contributed by atoms with Gasteiger partial charge in [0.1, 0.15) is 5.82 Å². The van der Waals surface area contributed by atoms with Crippen LogP contribution in [0.2, 0.25) is 0 Å². The van der Waals surface area contributed by atoms with E-state index in [1.165, 1.54) is 0 Å². The number of benzene rings is 1. The molecule has 2 N–H and O–H groups in total. The highest BCUT2D eigenvalue weighted by Crippen LogP contribution is 2.29. The lowest BCUT2D eigenvalue weighted by molar-refractivity contribution is -0.202. The third-order valence-corrected chi connectivity index (χ3v) is 2.61. The molecule has 0 saturated heterocycles. The highest BCUT2D eigenvalue weighted by atomic mass is 19.4. The molecule has 1 aromatic carbocycles. The number of nitrogens with two attached hydrogens (primary N) is 1. The minimum Gasteiger partial charge on any atom is -0.324 e. The SMILES string of the molecule is CC(N)c1ccc(-c2nccn2C(F)(F)F)cc1. The van der Waals surface area contributed by atoms with Gasteiger partial charge in [-0.1, -0.05) is 24.3 Å². The zero-order valence-electron chi connectivity index (χ0n) is 9.65. The summed E-state index contributed by atoms with van der Waals surface area (Å²) >= 11 is 0. The highest BCUT2D eigenvalue weighted by Gasteiger charge is 2.33. The largest absolute Gasteiger partial charge is 0.490 e. The number of hydrogen-bond acceptors (Lipinski definition) is 2. The lowest BCUT2D eigenvalue weighted by Crippen LogP contribution is -2.16. The molecule has 1 heterocycles. The Morgan fingerprint density at radius 3 is 2.33 bits per heavy atom. The molecule has 2 rings (SSSR count). The Labute approximate surface area is 102 Å². The molecule has 6 heteroatoms. The van der Waals surface area contributed by atoms with Gasteiger partial charge in [-0.25, -0.2) is 9.55 Å². The Balaban J connectivity index is 2.41. The fraction of sp³-hybridized carbons (Fsp3) is 0.250. The van der Waals surface area contributed by atoms with Crippen LogP contribution in [0.25, 0.3) is 11.4 Å². The van der Waals surface area contributed by atoms with E-state index in [-0.39, 0.29) is 16.4 Å². The molecule has 18 heavy (non-hydrogen) atoms. The maximum absolute atomic E-state index is 12.7. The van der Waals surface area contributed by atoms with Gasteiger partial charge in [0.25, 0.3) is 0 Å². The maximum atomic E-state index is 12.7. The Morgan fingerprint density at radius 2 is 1.83 bits per heavy atom. The minimum atomic E-state index is -4.47. The van der Waals surface area contributed by atoms with Crippen molar-refractivity contribution >= 4 is 0 Å². The van der Waals surface area contributed by atoms with Gasteiger partial charge in [0.05, 0.1) is 0 Å². The number of imidazole rings is 1. The number of rotatable bonds is 2. The molecule has 0 amide bonds. The van der Waals surface area contributed by atoms with E-state index in [1.54, 1.807) is 24.3 Å². The fourth-order valence-corrected chi connectivity index (χ4v) is 1.66. The fourth-order valence-electron chi connectivity index (χ4n) is 1.66. The standard InChI is InChI=1S/C12H12F3N3/c1-8(16)9-2-4-10(5-3-9)11-17-6-7-18(11)12(13,14)15/h2-8H,16H2,1H3. The lowest BCUT2D eigenvalue weighted by Gasteiger charge is -2.12. The van der Waals surface area contributed by atoms with Crippen molar-refractivity contribution in [3.63, 3.8) is 0 Å². The summed E-state index contributed by atoms with van der Waals surface area (Å²) < 4.78 is 38.2. The van der Waals surface area contributed by atoms with E-state index >= 15 is 0 Å². The van der Waals surface area contributed by atoms with Crippen LogP contribution in [0.3, 0.4) is 0 Å². The molecule has 0 aliphatic carbocycles. The summed E-state index contributed by atoms with van der Waals surface area (Å²) in [5, 5.41) is 0. The van der Waals surface area contributed by atoms with Gasteiger partial charge in [0.2, 0.25) is 0 Å². The van der Waals surface area contributed by atoms with Gasteiger partial charge >= 0.3 is 6.30 Å². The van der Waals surface area contributed by atoms with E-state index in [1.807, 2.05) is 6.92 Å². The van der Waals surface area contributed by atoms with E-state index < -0.39 is 6.30 Å². The van der Waals surface area contributed by atoms with Crippen molar-refractivity contribution in [2.45, 2.75) is 19.3 Å². The predicted octanol–water partition coefficient (Wildman–Crippen LogP) is 3.05.